The van der Waals surface area contributed by atoms with Gasteiger partial charge in [0, 0.05) is 44.2 Å². The highest BCUT2D eigenvalue weighted by atomic mass is 35.5. The van der Waals surface area contributed by atoms with E-state index in [4.69, 9.17) is 23.2 Å². The van der Waals surface area contributed by atoms with E-state index in [1.54, 1.807) is 0 Å². The van der Waals surface area contributed by atoms with E-state index in [0.29, 0.717) is 0 Å². The first-order chi connectivity index (χ1) is 19.7. The van der Waals surface area contributed by atoms with Gasteiger partial charge >= 0.3 is 0 Å². The fraction of sp³-hybridized carbons (Fsp3) is 0. The van der Waals surface area contributed by atoms with Gasteiger partial charge in [0.25, 0.3) is 0 Å². The zero-order chi connectivity index (χ0) is 27.3. The number of halogens is 2. The Balaban J connectivity index is 1.31. The lowest BCUT2D eigenvalue weighted by Gasteiger charge is -2.26. The van der Waals surface area contributed by atoms with Gasteiger partial charge in [-0.15, -0.1) is 0 Å². The Morgan fingerprint density at radius 2 is 0.525 bits per heavy atom. The Kier molecular flexibility index (Phi) is 7.54. The first-order valence-electron chi connectivity index (χ1n) is 13.1. The molecule has 194 valence electrons. The van der Waals surface area contributed by atoms with Crippen molar-refractivity contribution < 1.29 is 0 Å². The summed E-state index contributed by atoms with van der Waals surface area (Å²) < 4.78 is 0. The second-order valence-corrected chi connectivity index (χ2v) is 10.3. The van der Waals surface area contributed by atoms with Crippen LogP contribution < -0.4 is 9.80 Å². The van der Waals surface area contributed by atoms with Gasteiger partial charge in [-0.1, -0.05) is 83.9 Å². The van der Waals surface area contributed by atoms with Crippen LogP contribution in [-0.2, 0) is 0 Å². The number of benzene rings is 6. The van der Waals surface area contributed by atoms with Crippen molar-refractivity contribution in [1.82, 2.24) is 0 Å². The third kappa shape index (κ3) is 5.60. The van der Waals surface area contributed by atoms with Crippen LogP contribution in [0.2, 0.25) is 10.0 Å². The van der Waals surface area contributed by atoms with Crippen LogP contribution in [0.1, 0.15) is 0 Å². The van der Waals surface area contributed by atoms with Crippen molar-refractivity contribution in [3.8, 4) is 11.1 Å². The van der Waals surface area contributed by atoms with Gasteiger partial charge in [-0.2, -0.15) is 0 Å². The van der Waals surface area contributed by atoms with E-state index in [1.165, 1.54) is 0 Å². The van der Waals surface area contributed by atoms with Gasteiger partial charge in [-0.25, -0.2) is 0 Å². The van der Waals surface area contributed by atoms with Gasteiger partial charge in [0.05, 0.1) is 0 Å². The van der Waals surface area contributed by atoms with E-state index in [0.717, 1.165) is 55.3 Å². The summed E-state index contributed by atoms with van der Waals surface area (Å²) in [4.78, 5) is 4.46. The van der Waals surface area contributed by atoms with Crippen molar-refractivity contribution in [2.75, 3.05) is 9.80 Å². The fourth-order valence-electron chi connectivity index (χ4n) is 4.83. The van der Waals surface area contributed by atoms with Crippen molar-refractivity contribution in [1.29, 1.82) is 0 Å². The molecule has 0 aliphatic carbocycles. The number of nitrogens with zero attached hydrogens (tertiary/aromatic N) is 2. The summed E-state index contributed by atoms with van der Waals surface area (Å²) in [6.07, 6.45) is 0. The Morgan fingerprint density at radius 3 is 0.825 bits per heavy atom. The zero-order valence-corrected chi connectivity index (χ0v) is 23.2. The molecule has 0 saturated carbocycles. The van der Waals surface area contributed by atoms with E-state index in [9.17, 15) is 0 Å². The number of para-hydroxylation sites is 2. The summed E-state index contributed by atoms with van der Waals surface area (Å²) in [6, 6.07) is 53.9. The molecule has 4 heteroatoms. The molecule has 0 saturated heterocycles. The molecule has 0 bridgehead atoms. The average molecular weight is 558 g/mol. The van der Waals surface area contributed by atoms with Crippen molar-refractivity contribution in [2.45, 2.75) is 0 Å². The highest BCUT2D eigenvalue weighted by Crippen LogP contribution is 2.38. The Bertz CT molecular complexity index is 1540. The number of rotatable bonds is 7. The monoisotopic (exact) mass is 556 g/mol. The summed E-state index contributed by atoms with van der Waals surface area (Å²) >= 11 is 12.4. The molecule has 0 aliphatic heterocycles. The molecule has 6 aromatic rings. The maximum Gasteiger partial charge on any atom is 0.0462 e. The van der Waals surface area contributed by atoms with Crippen LogP contribution in [0.3, 0.4) is 0 Å². The first-order valence-corrected chi connectivity index (χ1v) is 13.8. The Hall–Kier alpha value is -4.50. The Morgan fingerprint density at radius 1 is 0.275 bits per heavy atom. The normalized spacial score (nSPS) is 10.8. The predicted octanol–water partition coefficient (Wildman–Crippen LogP) is 11.6. The van der Waals surface area contributed by atoms with Crippen LogP contribution in [0.25, 0.3) is 11.1 Å². The molecular weight excluding hydrogens is 531 g/mol. The van der Waals surface area contributed by atoms with Gasteiger partial charge in [0.2, 0.25) is 0 Å². The van der Waals surface area contributed by atoms with Gasteiger partial charge in [-0.05, 0) is 108 Å². The molecule has 0 spiro atoms. The summed E-state index contributed by atoms with van der Waals surface area (Å²) in [7, 11) is 0. The largest absolute Gasteiger partial charge is 0.311 e. The molecule has 0 atom stereocenters. The lowest BCUT2D eigenvalue weighted by atomic mass is 10.0. The van der Waals surface area contributed by atoms with Crippen LogP contribution in [-0.4, -0.2) is 0 Å². The topological polar surface area (TPSA) is 6.48 Å². The molecule has 0 fully saturated rings. The lowest BCUT2D eigenvalue weighted by molar-refractivity contribution is 1.28. The van der Waals surface area contributed by atoms with Crippen molar-refractivity contribution in [2.24, 2.45) is 0 Å². The smallest absolute Gasteiger partial charge is 0.0462 e. The summed E-state index contributed by atoms with van der Waals surface area (Å²) in [5.74, 6) is 0. The summed E-state index contributed by atoms with van der Waals surface area (Å²) in [6.45, 7) is 0. The summed E-state index contributed by atoms with van der Waals surface area (Å²) in [5.41, 5.74) is 8.73. The molecule has 0 aromatic heterocycles. The second-order valence-electron chi connectivity index (χ2n) is 9.39. The van der Waals surface area contributed by atoms with Crippen molar-refractivity contribution >= 4 is 57.3 Å². The third-order valence-corrected chi connectivity index (χ3v) is 7.29. The highest BCUT2D eigenvalue weighted by Gasteiger charge is 2.14. The predicted molar refractivity (Wildman–Crippen MR) is 171 cm³/mol. The SMILES string of the molecule is Clc1ccc(N(c2ccccc2)c2ccc(-c3ccc(N(c4ccccc4)c4ccc(Cl)cc4)cc3)cc2)cc1. The van der Waals surface area contributed by atoms with Crippen LogP contribution >= 0.6 is 23.2 Å². The van der Waals surface area contributed by atoms with Crippen LogP contribution in [0.15, 0.2) is 158 Å². The molecular formula is C36H26Cl2N2. The van der Waals surface area contributed by atoms with Gasteiger partial charge in [0.1, 0.15) is 0 Å². The highest BCUT2D eigenvalue weighted by molar-refractivity contribution is 6.31. The fourth-order valence-corrected chi connectivity index (χ4v) is 5.09. The number of hydrogen-bond acceptors (Lipinski definition) is 2. The third-order valence-electron chi connectivity index (χ3n) is 6.78. The van der Waals surface area contributed by atoms with E-state index >= 15 is 0 Å². The average Bonchev–Trinajstić information content (AvgIpc) is 3.01. The molecule has 0 radical (unpaired) electrons. The van der Waals surface area contributed by atoms with Crippen LogP contribution in [0.4, 0.5) is 34.1 Å². The summed E-state index contributed by atoms with van der Waals surface area (Å²) in [5, 5.41) is 1.44. The quantitative estimate of drug-likeness (QED) is 0.193. The van der Waals surface area contributed by atoms with Crippen molar-refractivity contribution in [3.63, 3.8) is 0 Å². The molecule has 0 aliphatic rings. The molecule has 0 heterocycles. The first kappa shape index (κ1) is 25.8. The molecule has 2 nitrogen and oxygen atoms in total. The second kappa shape index (κ2) is 11.7. The van der Waals surface area contributed by atoms with Gasteiger partial charge < -0.3 is 9.80 Å². The van der Waals surface area contributed by atoms with E-state index < -0.39 is 0 Å². The molecule has 0 unspecified atom stereocenters. The number of anilines is 6. The van der Waals surface area contributed by atoms with E-state index in [-0.39, 0.29) is 0 Å². The minimum Gasteiger partial charge on any atom is -0.311 e. The number of hydrogen-bond donors (Lipinski definition) is 0. The Labute approximate surface area is 245 Å². The molecule has 0 N–H and O–H groups in total. The van der Waals surface area contributed by atoms with Crippen molar-refractivity contribution in [3.05, 3.63) is 168 Å². The maximum absolute atomic E-state index is 6.18. The van der Waals surface area contributed by atoms with Gasteiger partial charge in [0.15, 0.2) is 0 Å². The molecule has 6 rings (SSSR count). The van der Waals surface area contributed by atoms with E-state index in [2.05, 4.69) is 107 Å². The van der Waals surface area contributed by atoms with E-state index in [1.807, 2.05) is 60.7 Å². The molecule has 0 amide bonds. The minimum absolute atomic E-state index is 0.720. The zero-order valence-electron chi connectivity index (χ0n) is 21.7. The van der Waals surface area contributed by atoms with Gasteiger partial charge in [-0.3, -0.25) is 0 Å². The lowest BCUT2D eigenvalue weighted by Crippen LogP contribution is -2.09. The van der Waals surface area contributed by atoms with Crippen LogP contribution in [0, 0.1) is 0 Å². The van der Waals surface area contributed by atoms with Crippen LogP contribution in [0.5, 0.6) is 0 Å². The standard InChI is InChI=1S/C36H26Cl2N2/c37-29-15-23-35(24-16-29)39(31-7-3-1-4-8-31)33-19-11-27(12-20-33)28-13-21-34(22-14-28)40(32-9-5-2-6-10-32)36-25-17-30(38)18-26-36/h1-26H. The minimum atomic E-state index is 0.720. The molecule has 40 heavy (non-hydrogen) atoms. The maximum atomic E-state index is 6.18. The molecule has 6 aromatic carbocycles.